The third-order valence-corrected chi connectivity index (χ3v) is 7.04. The fraction of sp³-hybridized carbons (Fsp3) is 0.933. The van der Waals surface area contributed by atoms with Crippen LogP contribution in [0.4, 0.5) is 0 Å². The van der Waals surface area contributed by atoms with E-state index in [0.29, 0.717) is 0 Å². The Hall–Kier alpha value is -0.940. The lowest BCUT2D eigenvalue weighted by molar-refractivity contribution is -0.170. The normalized spacial score (nSPS) is 13.0. The minimum atomic E-state index is -1.64. The van der Waals surface area contributed by atoms with Crippen LogP contribution in [0.1, 0.15) is 162 Å². The van der Waals surface area contributed by atoms with Crippen molar-refractivity contribution in [3.05, 3.63) is 0 Å². The van der Waals surface area contributed by atoms with Gasteiger partial charge in [0, 0.05) is 0 Å². The molecule has 35 heavy (non-hydrogen) atoms. The Kier molecular flexibility index (Phi) is 25.4. The van der Waals surface area contributed by atoms with Gasteiger partial charge in [0.2, 0.25) is 0 Å². The van der Waals surface area contributed by atoms with Gasteiger partial charge in [0.1, 0.15) is 0 Å². The van der Waals surface area contributed by atoms with Crippen molar-refractivity contribution >= 4 is 11.9 Å². The molecule has 0 rings (SSSR count). The molecule has 0 radical (unpaired) electrons. The van der Waals surface area contributed by atoms with Crippen molar-refractivity contribution in [3.8, 4) is 0 Å². The summed E-state index contributed by atoms with van der Waals surface area (Å²) >= 11 is 0. The number of hydrogen-bond donors (Lipinski definition) is 2. The largest absolute Gasteiger partial charge is 0.393 e. The number of esters is 2. The Morgan fingerprint density at radius 2 is 0.857 bits per heavy atom. The smallest absolute Gasteiger partial charge is 0.345 e. The quantitative estimate of drug-likeness (QED) is 0.0716. The van der Waals surface area contributed by atoms with Gasteiger partial charge >= 0.3 is 11.9 Å². The number of rotatable bonds is 26. The molecule has 0 amide bonds. The Morgan fingerprint density at radius 1 is 0.543 bits per heavy atom. The zero-order chi connectivity index (χ0) is 26.0. The molecule has 0 bridgehead atoms. The summed E-state index contributed by atoms with van der Waals surface area (Å²) < 4.78 is 4.87. The fourth-order valence-electron chi connectivity index (χ4n) is 4.64. The molecule has 5 nitrogen and oxygen atoms in total. The predicted molar refractivity (Wildman–Crippen MR) is 145 cm³/mol. The molecule has 2 unspecified atom stereocenters. The Labute approximate surface area is 216 Å². The van der Waals surface area contributed by atoms with Gasteiger partial charge in [0.05, 0.1) is 12.5 Å². The fourth-order valence-corrected chi connectivity index (χ4v) is 4.64. The van der Waals surface area contributed by atoms with Crippen LogP contribution in [-0.4, -0.2) is 34.9 Å². The molecule has 0 aliphatic carbocycles. The van der Waals surface area contributed by atoms with Crippen LogP contribution in [0.25, 0.3) is 0 Å². The van der Waals surface area contributed by atoms with Crippen LogP contribution in [0.15, 0.2) is 0 Å². The first kappa shape index (κ1) is 34.1. The van der Waals surface area contributed by atoms with E-state index in [1.165, 1.54) is 109 Å². The highest BCUT2D eigenvalue weighted by atomic mass is 16.6. The molecule has 208 valence electrons. The number of ether oxygens (including phenoxy) is 1. The molecule has 2 N–H and O–H groups in total. The summed E-state index contributed by atoms with van der Waals surface area (Å²) in [5.41, 5.74) is 0. The van der Waals surface area contributed by atoms with Gasteiger partial charge in [0.15, 0.2) is 6.10 Å². The highest BCUT2D eigenvalue weighted by molar-refractivity contribution is 5.88. The molecule has 0 fully saturated rings. The van der Waals surface area contributed by atoms with Gasteiger partial charge in [-0.3, -0.25) is 4.79 Å². The first-order chi connectivity index (χ1) is 17.1. The lowest BCUT2D eigenvalue weighted by Crippen LogP contribution is -2.31. The van der Waals surface area contributed by atoms with E-state index in [0.717, 1.165) is 38.5 Å². The van der Waals surface area contributed by atoms with Crippen molar-refractivity contribution in [1.82, 2.24) is 0 Å². The van der Waals surface area contributed by atoms with E-state index in [9.17, 15) is 14.7 Å². The summed E-state index contributed by atoms with van der Waals surface area (Å²) in [6.07, 6.45) is 26.1. The third-order valence-electron chi connectivity index (χ3n) is 7.04. The summed E-state index contributed by atoms with van der Waals surface area (Å²) in [5, 5.41) is 18.3. The van der Waals surface area contributed by atoms with E-state index in [2.05, 4.69) is 13.8 Å². The maximum absolute atomic E-state index is 12.5. The number of unbranched alkanes of at least 4 members (excludes halogenated alkanes) is 19. The monoisotopic (exact) mass is 498 g/mol. The molecule has 0 saturated carbocycles. The molecule has 0 aliphatic heterocycles. The molecule has 0 aromatic heterocycles. The van der Waals surface area contributed by atoms with Crippen LogP contribution in [-0.2, 0) is 14.3 Å². The molecular formula is C30H58O5. The van der Waals surface area contributed by atoms with E-state index < -0.39 is 24.6 Å². The molecule has 0 saturated heterocycles. The molecule has 0 aromatic carbocycles. The van der Waals surface area contributed by atoms with Crippen LogP contribution in [0.5, 0.6) is 0 Å². The van der Waals surface area contributed by atoms with Gasteiger partial charge in [-0.15, -0.1) is 0 Å². The zero-order valence-corrected chi connectivity index (χ0v) is 23.2. The van der Waals surface area contributed by atoms with Gasteiger partial charge in [-0.05, 0) is 12.8 Å². The Morgan fingerprint density at radius 3 is 1.17 bits per heavy atom. The van der Waals surface area contributed by atoms with E-state index in [4.69, 9.17) is 9.84 Å². The van der Waals surface area contributed by atoms with E-state index in [1.807, 2.05) is 0 Å². The average molecular weight is 499 g/mol. The second kappa shape index (κ2) is 26.1. The van der Waals surface area contributed by atoms with E-state index in [1.54, 1.807) is 0 Å². The summed E-state index contributed by atoms with van der Waals surface area (Å²) in [5.74, 6) is -1.87. The van der Waals surface area contributed by atoms with Crippen LogP contribution >= 0.6 is 0 Å². The van der Waals surface area contributed by atoms with Crippen molar-refractivity contribution in [2.45, 2.75) is 168 Å². The zero-order valence-electron chi connectivity index (χ0n) is 23.2. The summed E-state index contributed by atoms with van der Waals surface area (Å²) in [6.45, 7) is 3.76. The second-order valence-electron chi connectivity index (χ2n) is 10.4. The number of carbonyl (C=O) groups is 2. The summed E-state index contributed by atoms with van der Waals surface area (Å²) in [4.78, 5) is 24.3. The molecular weight excluding hydrogens is 440 g/mol. The highest BCUT2D eigenvalue weighted by Gasteiger charge is 2.25. The van der Waals surface area contributed by atoms with Crippen molar-refractivity contribution < 1.29 is 24.5 Å². The molecule has 2 atom stereocenters. The number of aliphatic hydroxyl groups excluding tert-OH is 2. The first-order valence-electron chi connectivity index (χ1n) is 15.1. The highest BCUT2D eigenvalue weighted by Crippen LogP contribution is 2.21. The van der Waals surface area contributed by atoms with Gasteiger partial charge in [-0.1, -0.05) is 149 Å². The van der Waals surface area contributed by atoms with Crippen LogP contribution < -0.4 is 0 Å². The van der Waals surface area contributed by atoms with Crippen molar-refractivity contribution in [3.63, 3.8) is 0 Å². The maximum atomic E-state index is 12.5. The first-order valence-corrected chi connectivity index (χ1v) is 15.1. The van der Waals surface area contributed by atoms with Crippen LogP contribution in [0, 0.1) is 5.92 Å². The van der Waals surface area contributed by atoms with Gasteiger partial charge in [-0.25, -0.2) is 4.79 Å². The molecule has 0 heterocycles. The SMILES string of the molecule is CCCCCCCCCCCCCC(CCCCCCCCCCCC)C(=O)OC(=O)C(O)CO. The lowest BCUT2D eigenvalue weighted by Gasteiger charge is -2.16. The van der Waals surface area contributed by atoms with Crippen LogP contribution in [0.2, 0.25) is 0 Å². The topological polar surface area (TPSA) is 83.8 Å². The molecule has 5 heteroatoms. The third kappa shape index (κ3) is 22.0. The number of aliphatic hydroxyl groups is 2. The summed E-state index contributed by atoms with van der Waals surface area (Å²) in [7, 11) is 0. The van der Waals surface area contributed by atoms with Gasteiger partial charge < -0.3 is 14.9 Å². The van der Waals surface area contributed by atoms with Crippen molar-refractivity contribution in [2.75, 3.05) is 6.61 Å². The van der Waals surface area contributed by atoms with Crippen LogP contribution in [0.3, 0.4) is 0 Å². The Balaban J connectivity index is 4.11. The predicted octanol–water partition coefficient (Wildman–Crippen LogP) is 8.04. The van der Waals surface area contributed by atoms with Crippen molar-refractivity contribution in [1.29, 1.82) is 0 Å². The standard InChI is InChI=1S/C30H58O5/c1-3-5-7-9-11-13-15-17-19-21-23-25-27(29(33)35-30(34)28(32)26-31)24-22-20-18-16-14-12-10-8-6-4-2/h27-28,31-32H,3-26H2,1-2H3. The van der Waals surface area contributed by atoms with Crippen molar-refractivity contribution in [2.24, 2.45) is 5.92 Å². The Bertz CT molecular complexity index is 479. The molecule has 0 aromatic rings. The minimum Gasteiger partial charge on any atom is -0.393 e. The van der Waals surface area contributed by atoms with Gasteiger partial charge in [0.25, 0.3) is 0 Å². The second-order valence-corrected chi connectivity index (χ2v) is 10.4. The molecule has 0 aliphatic rings. The molecule has 0 spiro atoms. The number of carbonyl (C=O) groups excluding carboxylic acids is 2. The van der Waals surface area contributed by atoms with Gasteiger partial charge in [-0.2, -0.15) is 0 Å². The number of hydrogen-bond acceptors (Lipinski definition) is 5. The van der Waals surface area contributed by atoms with E-state index in [-0.39, 0.29) is 5.92 Å². The maximum Gasteiger partial charge on any atom is 0.345 e. The lowest BCUT2D eigenvalue weighted by atomic mass is 9.94. The van der Waals surface area contributed by atoms with E-state index >= 15 is 0 Å². The summed E-state index contributed by atoms with van der Waals surface area (Å²) in [6, 6.07) is 0. The average Bonchev–Trinajstić information content (AvgIpc) is 2.86. The minimum absolute atomic E-state index is 0.294.